The minimum absolute atomic E-state index is 0.353. The summed E-state index contributed by atoms with van der Waals surface area (Å²) in [4.78, 5) is 4.44. The number of pyridine rings is 1. The number of nitrogens with two attached hydrogens (primary N) is 1. The molecular formula is C15H17ClN2O. The van der Waals surface area contributed by atoms with E-state index in [4.69, 9.17) is 22.1 Å². The number of halogens is 1. The van der Waals surface area contributed by atoms with Crippen molar-refractivity contribution in [3.05, 3.63) is 57.9 Å². The van der Waals surface area contributed by atoms with Crippen molar-refractivity contribution in [1.82, 2.24) is 4.98 Å². The molecule has 1 aromatic heterocycles. The van der Waals surface area contributed by atoms with E-state index in [0.29, 0.717) is 5.02 Å². The van der Waals surface area contributed by atoms with Crippen LogP contribution in [0.5, 0.6) is 5.75 Å². The summed E-state index contributed by atoms with van der Waals surface area (Å²) in [5.41, 5.74) is 10.2. The minimum Gasteiger partial charge on any atom is -0.496 e. The molecule has 0 bridgehead atoms. The van der Waals surface area contributed by atoms with Crippen molar-refractivity contribution in [1.29, 1.82) is 0 Å². The van der Waals surface area contributed by atoms with Crippen LogP contribution in [0.3, 0.4) is 0 Å². The molecule has 4 heteroatoms. The van der Waals surface area contributed by atoms with Gasteiger partial charge in [0.25, 0.3) is 0 Å². The number of benzene rings is 1. The van der Waals surface area contributed by atoms with Gasteiger partial charge in [0.15, 0.2) is 0 Å². The van der Waals surface area contributed by atoms with E-state index in [1.807, 2.05) is 32.2 Å². The Hall–Kier alpha value is -1.58. The van der Waals surface area contributed by atoms with Crippen molar-refractivity contribution >= 4 is 11.6 Å². The summed E-state index contributed by atoms with van der Waals surface area (Å²) in [7, 11) is 1.62. The van der Waals surface area contributed by atoms with Crippen LogP contribution < -0.4 is 10.5 Å². The van der Waals surface area contributed by atoms with Gasteiger partial charge < -0.3 is 10.5 Å². The first kappa shape index (κ1) is 13.8. The molecule has 0 saturated heterocycles. The maximum atomic E-state index is 6.31. The first-order valence-corrected chi connectivity index (χ1v) is 6.43. The summed E-state index contributed by atoms with van der Waals surface area (Å²) in [5, 5.41) is 0.635. The highest BCUT2D eigenvalue weighted by atomic mass is 35.5. The fourth-order valence-corrected chi connectivity index (χ4v) is 2.33. The van der Waals surface area contributed by atoms with Crippen LogP contribution in [0.15, 0.2) is 30.5 Å². The zero-order chi connectivity index (χ0) is 14.0. The van der Waals surface area contributed by atoms with Crippen molar-refractivity contribution < 1.29 is 4.74 Å². The number of aromatic nitrogens is 1. The third-order valence-corrected chi connectivity index (χ3v) is 3.31. The molecular weight excluding hydrogens is 260 g/mol. The topological polar surface area (TPSA) is 48.1 Å². The molecule has 3 nitrogen and oxygen atoms in total. The van der Waals surface area contributed by atoms with E-state index in [-0.39, 0.29) is 6.04 Å². The molecule has 0 saturated carbocycles. The standard InChI is InChI=1S/C15H17ClN2O/c1-9-6-10(2)15(18-8-9)14(17)12-7-11(16)4-5-13(12)19-3/h4-8,14H,17H2,1-3H3. The number of hydrogen-bond donors (Lipinski definition) is 1. The average Bonchev–Trinajstić information content (AvgIpc) is 2.38. The van der Waals surface area contributed by atoms with Crippen molar-refractivity contribution in [3.8, 4) is 5.75 Å². The summed E-state index contributed by atoms with van der Waals surface area (Å²) in [5.74, 6) is 0.721. The first-order chi connectivity index (χ1) is 9.02. The van der Waals surface area contributed by atoms with Crippen LogP contribution in [-0.2, 0) is 0 Å². The van der Waals surface area contributed by atoms with Gasteiger partial charge in [-0.2, -0.15) is 0 Å². The Morgan fingerprint density at radius 2 is 2.00 bits per heavy atom. The van der Waals surface area contributed by atoms with E-state index in [9.17, 15) is 0 Å². The van der Waals surface area contributed by atoms with Crippen molar-refractivity contribution in [2.75, 3.05) is 7.11 Å². The molecule has 2 N–H and O–H groups in total. The summed E-state index contributed by atoms with van der Waals surface area (Å²) < 4.78 is 5.34. The Labute approximate surface area is 118 Å². The van der Waals surface area contributed by atoms with Crippen LogP contribution in [0, 0.1) is 13.8 Å². The molecule has 0 aliphatic heterocycles. The van der Waals surface area contributed by atoms with Crippen LogP contribution >= 0.6 is 11.6 Å². The number of hydrogen-bond acceptors (Lipinski definition) is 3. The fourth-order valence-electron chi connectivity index (χ4n) is 2.15. The highest BCUT2D eigenvalue weighted by Crippen LogP contribution is 2.31. The van der Waals surface area contributed by atoms with Gasteiger partial charge in [-0.3, -0.25) is 4.98 Å². The van der Waals surface area contributed by atoms with Crippen LogP contribution in [0.2, 0.25) is 5.02 Å². The molecule has 100 valence electrons. The van der Waals surface area contributed by atoms with Gasteiger partial charge in [-0.05, 0) is 43.2 Å². The normalized spacial score (nSPS) is 12.3. The largest absolute Gasteiger partial charge is 0.496 e. The summed E-state index contributed by atoms with van der Waals surface area (Å²) >= 11 is 6.04. The quantitative estimate of drug-likeness (QED) is 0.935. The molecule has 1 heterocycles. The predicted molar refractivity (Wildman–Crippen MR) is 77.7 cm³/mol. The van der Waals surface area contributed by atoms with Crippen molar-refractivity contribution in [3.63, 3.8) is 0 Å². The monoisotopic (exact) mass is 276 g/mol. The lowest BCUT2D eigenvalue weighted by Crippen LogP contribution is -2.16. The van der Waals surface area contributed by atoms with Gasteiger partial charge in [-0.25, -0.2) is 0 Å². The molecule has 1 aromatic carbocycles. The highest BCUT2D eigenvalue weighted by Gasteiger charge is 2.17. The van der Waals surface area contributed by atoms with E-state index in [2.05, 4.69) is 11.1 Å². The van der Waals surface area contributed by atoms with Gasteiger partial charge in [-0.15, -0.1) is 0 Å². The number of aryl methyl sites for hydroxylation is 2. The van der Waals surface area contributed by atoms with Crippen molar-refractivity contribution in [2.45, 2.75) is 19.9 Å². The second-order valence-corrected chi connectivity index (χ2v) is 5.02. The van der Waals surface area contributed by atoms with E-state index in [1.54, 1.807) is 13.2 Å². The zero-order valence-corrected chi connectivity index (χ0v) is 12.0. The van der Waals surface area contributed by atoms with Gasteiger partial charge in [0.2, 0.25) is 0 Å². The molecule has 19 heavy (non-hydrogen) atoms. The van der Waals surface area contributed by atoms with Crippen molar-refractivity contribution in [2.24, 2.45) is 5.73 Å². The van der Waals surface area contributed by atoms with Crippen LogP contribution in [0.25, 0.3) is 0 Å². The Morgan fingerprint density at radius 3 is 2.63 bits per heavy atom. The SMILES string of the molecule is COc1ccc(Cl)cc1C(N)c1ncc(C)cc1C. The van der Waals surface area contributed by atoms with E-state index in [0.717, 1.165) is 28.1 Å². The molecule has 2 aromatic rings. The third-order valence-electron chi connectivity index (χ3n) is 3.08. The molecule has 0 fully saturated rings. The summed E-state index contributed by atoms with van der Waals surface area (Å²) in [6.07, 6.45) is 1.82. The van der Waals surface area contributed by atoms with Crippen LogP contribution in [0.4, 0.5) is 0 Å². The van der Waals surface area contributed by atoms with Gasteiger partial charge >= 0.3 is 0 Å². The van der Waals surface area contributed by atoms with E-state index >= 15 is 0 Å². The van der Waals surface area contributed by atoms with Crippen LogP contribution in [0.1, 0.15) is 28.4 Å². The first-order valence-electron chi connectivity index (χ1n) is 6.05. The summed E-state index contributed by atoms with van der Waals surface area (Å²) in [6.45, 7) is 4.02. The lowest BCUT2D eigenvalue weighted by atomic mass is 9.99. The maximum Gasteiger partial charge on any atom is 0.124 e. The van der Waals surface area contributed by atoms with Gasteiger partial charge in [0, 0.05) is 16.8 Å². The fraction of sp³-hybridized carbons (Fsp3) is 0.267. The average molecular weight is 277 g/mol. The second kappa shape index (κ2) is 5.59. The van der Waals surface area contributed by atoms with Crippen LogP contribution in [-0.4, -0.2) is 12.1 Å². The van der Waals surface area contributed by atoms with Gasteiger partial charge in [0.1, 0.15) is 5.75 Å². The Balaban J connectivity index is 2.49. The molecule has 0 radical (unpaired) electrons. The van der Waals surface area contributed by atoms with E-state index in [1.165, 1.54) is 0 Å². The number of rotatable bonds is 3. The Morgan fingerprint density at radius 1 is 1.26 bits per heavy atom. The molecule has 1 unspecified atom stereocenters. The predicted octanol–water partition coefficient (Wildman–Crippen LogP) is 3.41. The molecule has 0 amide bonds. The number of methoxy groups -OCH3 is 1. The molecule has 2 rings (SSSR count). The molecule has 0 aliphatic rings. The van der Waals surface area contributed by atoms with Gasteiger partial charge in [0.05, 0.1) is 18.8 Å². The second-order valence-electron chi connectivity index (χ2n) is 4.58. The number of ether oxygens (including phenoxy) is 1. The maximum absolute atomic E-state index is 6.31. The lowest BCUT2D eigenvalue weighted by molar-refractivity contribution is 0.407. The third kappa shape index (κ3) is 2.88. The lowest BCUT2D eigenvalue weighted by Gasteiger charge is -2.17. The summed E-state index contributed by atoms with van der Waals surface area (Å²) in [6, 6.07) is 7.15. The Bertz CT molecular complexity index is 599. The molecule has 0 spiro atoms. The zero-order valence-electron chi connectivity index (χ0n) is 11.3. The van der Waals surface area contributed by atoms with Gasteiger partial charge in [-0.1, -0.05) is 17.7 Å². The molecule has 1 atom stereocenters. The minimum atomic E-state index is -0.353. The molecule has 0 aliphatic carbocycles. The number of nitrogens with zero attached hydrogens (tertiary/aromatic N) is 1. The highest BCUT2D eigenvalue weighted by molar-refractivity contribution is 6.30. The van der Waals surface area contributed by atoms with E-state index < -0.39 is 0 Å². The smallest absolute Gasteiger partial charge is 0.124 e. The Kier molecular flexibility index (Phi) is 4.08.